The van der Waals surface area contributed by atoms with Crippen LogP contribution in [0.5, 0.6) is 0 Å². The van der Waals surface area contributed by atoms with Gasteiger partial charge in [-0.2, -0.15) is 0 Å². The highest BCUT2D eigenvalue weighted by atomic mass is 35.5. The zero-order chi connectivity index (χ0) is 9.14. The largest absolute Gasteiger partial charge is 0.315 e. The van der Waals surface area contributed by atoms with Crippen LogP contribution in [0.15, 0.2) is 12.1 Å². The highest BCUT2D eigenvalue weighted by Gasteiger charge is 2.09. The number of benzene rings is 1. The average molecular weight is 208 g/mol. The molecule has 0 heterocycles. The second kappa shape index (κ2) is 5.14. The van der Waals surface area contributed by atoms with Crippen molar-refractivity contribution in [2.75, 3.05) is 7.05 Å². The summed E-state index contributed by atoms with van der Waals surface area (Å²) in [7, 11) is 1.65. The Kier molecular flexibility index (Phi) is 4.88. The lowest BCUT2D eigenvalue weighted by Crippen LogP contribution is -2.10. The molecule has 74 valence electrons. The van der Waals surface area contributed by atoms with Gasteiger partial charge in [0, 0.05) is 12.1 Å². The molecule has 0 atom stereocenters. The first-order valence-corrected chi connectivity index (χ1v) is 3.75. The molecule has 0 spiro atoms. The minimum absolute atomic E-state index is 0. The second-order valence-corrected chi connectivity index (χ2v) is 2.69. The minimum Gasteiger partial charge on any atom is -0.315 e. The zero-order valence-electron chi connectivity index (χ0n) is 7.53. The summed E-state index contributed by atoms with van der Waals surface area (Å²) in [5, 5.41) is 2.71. The van der Waals surface area contributed by atoms with Gasteiger partial charge in [0.2, 0.25) is 0 Å². The van der Waals surface area contributed by atoms with Crippen molar-refractivity contribution in [1.29, 1.82) is 0 Å². The maximum Gasteiger partial charge on any atom is 0.133 e. The van der Waals surface area contributed by atoms with E-state index in [0.29, 0.717) is 5.56 Å². The van der Waals surface area contributed by atoms with Crippen LogP contribution >= 0.6 is 12.4 Å². The molecular formula is C9H12ClF2N. The third-order valence-electron chi connectivity index (χ3n) is 1.73. The molecule has 1 aromatic rings. The third kappa shape index (κ3) is 2.64. The van der Waals surface area contributed by atoms with Crippen molar-refractivity contribution in [1.82, 2.24) is 5.32 Å². The maximum atomic E-state index is 13.2. The van der Waals surface area contributed by atoms with Gasteiger partial charge in [-0.3, -0.25) is 0 Å². The molecule has 0 saturated heterocycles. The SMILES string of the molecule is CNCc1c(F)ccc(C)c1F.Cl. The van der Waals surface area contributed by atoms with Crippen LogP contribution in [-0.4, -0.2) is 7.05 Å². The van der Waals surface area contributed by atoms with E-state index in [4.69, 9.17) is 0 Å². The molecular weight excluding hydrogens is 196 g/mol. The second-order valence-electron chi connectivity index (χ2n) is 2.69. The first-order valence-electron chi connectivity index (χ1n) is 3.75. The monoisotopic (exact) mass is 207 g/mol. The Morgan fingerprint density at radius 3 is 2.46 bits per heavy atom. The van der Waals surface area contributed by atoms with Gasteiger partial charge in [-0.25, -0.2) is 8.78 Å². The van der Waals surface area contributed by atoms with Gasteiger partial charge in [0.05, 0.1) is 0 Å². The molecule has 1 N–H and O–H groups in total. The van der Waals surface area contributed by atoms with Crippen molar-refractivity contribution in [3.63, 3.8) is 0 Å². The summed E-state index contributed by atoms with van der Waals surface area (Å²) in [5.41, 5.74) is 0.583. The van der Waals surface area contributed by atoms with Crippen LogP contribution < -0.4 is 5.32 Å². The molecule has 0 unspecified atom stereocenters. The summed E-state index contributed by atoms with van der Waals surface area (Å²) >= 11 is 0. The Bertz CT molecular complexity index is 289. The fourth-order valence-electron chi connectivity index (χ4n) is 1.05. The van der Waals surface area contributed by atoms with Crippen molar-refractivity contribution in [3.8, 4) is 0 Å². The van der Waals surface area contributed by atoms with Crippen molar-refractivity contribution in [3.05, 3.63) is 34.9 Å². The van der Waals surface area contributed by atoms with Gasteiger partial charge in [-0.1, -0.05) is 6.07 Å². The standard InChI is InChI=1S/C9H11F2N.ClH/c1-6-3-4-8(10)7(5-12-2)9(6)11;/h3-4,12H,5H2,1-2H3;1H. The van der Waals surface area contributed by atoms with Crippen molar-refractivity contribution >= 4 is 12.4 Å². The summed E-state index contributed by atoms with van der Waals surface area (Å²) < 4.78 is 26.1. The van der Waals surface area contributed by atoms with Crippen LogP contribution in [0.1, 0.15) is 11.1 Å². The van der Waals surface area contributed by atoms with Gasteiger partial charge in [0.1, 0.15) is 11.6 Å². The van der Waals surface area contributed by atoms with Crippen molar-refractivity contribution < 1.29 is 8.78 Å². The molecule has 1 aromatic carbocycles. The lowest BCUT2D eigenvalue weighted by molar-refractivity contribution is 0.540. The molecule has 13 heavy (non-hydrogen) atoms. The molecule has 0 amide bonds. The van der Waals surface area contributed by atoms with E-state index in [1.54, 1.807) is 14.0 Å². The average Bonchev–Trinajstić information content (AvgIpc) is 2.06. The van der Waals surface area contributed by atoms with Gasteiger partial charge < -0.3 is 5.32 Å². The fourth-order valence-corrected chi connectivity index (χ4v) is 1.05. The van der Waals surface area contributed by atoms with Gasteiger partial charge >= 0.3 is 0 Å². The Morgan fingerprint density at radius 2 is 1.92 bits per heavy atom. The number of nitrogens with one attached hydrogen (secondary N) is 1. The van der Waals surface area contributed by atoms with E-state index in [-0.39, 0.29) is 24.5 Å². The highest BCUT2D eigenvalue weighted by Crippen LogP contribution is 2.15. The van der Waals surface area contributed by atoms with Crippen LogP contribution in [0.4, 0.5) is 8.78 Å². The molecule has 0 aliphatic carbocycles. The number of aryl methyl sites for hydroxylation is 1. The quantitative estimate of drug-likeness (QED) is 0.786. The van der Waals surface area contributed by atoms with Gasteiger partial charge in [-0.05, 0) is 25.6 Å². The molecule has 1 rings (SSSR count). The molecule has 0 aromatic heterocycles. The number of halogens is 3. The maximum absolute atomic E-state index is 13.2. The molecule has 0 aliphatic heterocycles. The summed E-state index contributed by atoms with van der Waals surface area (Å²) in [6.45, 7) is 1.84. The summed E-state index contributed by atoms with van der Waals surface area (Å²) in [6.07, 6.45) is 0. The smallest absolute Gasteiger partial charge is 0.133 e. The molecule has 4 heteroatoms. The van der Waals surface area contributed by atoms with E-state index in [0.717, 1.165) is 0 Å². The third-order valence-corrected chi connectivity index (χ3v) is 1.73. The molecule has 0 radical (unpaired) electrons. The first kappa shape index (κ1) is 12.3. The lowest BCUT2D eigenvalue weighted by Gasteiger charge is -2.05. The van der Waals surface area contributed by atoms with E-state index in [9.17, 15) is 8.78 Å². The predicted molar refractivity (Wildman–Crippen MR) is 51.1 cm³/mol. The molecule has 0 saturated carbocycles. The summed E-state index contributed by atoms with van der Waals surface area (Å²) in [4.78, 5) is 0. The zero-order valence-corrected chi connectivity index (χ0v) is 8.34. The summed E-state index contributed by atoms with van der Waals surface area (Å²) in [5.74, 6) is -0.947. The van der Waals surface area contributed by atoms with Crippen LogP contribution in [0.2, 0.25) is 0 Å². The Morgan fingerprint density at radius 1 is 1.31 bits per heavy atom. The normalized spacial score (nSPS) is 9.54. The molecule has 0 fully saturated rings. The lowest BCUT2D eigenvalue weighted by atomic mass is 10.1. The molecule has 1 nitrogen and oxygen atoms in total. The Hall–Kier alpha value is -0.670. The first-order chi connectivity index (χ1) is 5.66. The van der Waals surface area contributed by atoms with E-state index >= 15 is 0 Å². The fraction of sp³-hybridized carbons (Fsp3) is 0.333. The van der Waals surface area contributed by atoms with Crippen molar-refractivity contribution in [2.45, 2.75) is 13.5 Å². The number of hydrogen-bond donors (Lipinski definition) is 1. The molecule has 0 bridgehead atoms. The van der Waals surface area contributed by atoms with Gasteiger partial charge in [-0.15, -0.1) is 12.4 Å². The number of rotatable bonds is 2. The van der Waals surface area contributed by atoms with Crippen LogP contribution in [-0.2, 0) is 6.54 Å². The summed E-state index contributed by atoms with van der Waals surface area (Å²) in [6, 6.07) is 2.72. The Labute approximate surface area is 82.6 Å². The van der Waals surface area contributed by atoms with Crippen molar-refractivity contribution in [2.24, 2.45) is 0 Å². The Balaban J connectivity index is 0.00000144. The van der Waals surface area contributed by atoms with Crippen LogP contribution in [0, 0.1) is 18.6 Å². The van der Waals surface area contributed by atoms with E-state index in [1.807, 2.05) is 0 Å². The predicted octanol–water partition coefficient (Wildman–Crippen LogP) is 2.41. The topological polar surface area (TPSA) is 12.0 Å². The van der Waals surface area contributed by atoms with Gasteiger partial charge in [0.15, 0.2) is 0 Å². The van der Waals surface area contributed by atoms with E-state index in [2.05, 4.69) is 5.32 Å². The highest BCUT2D eigenvalue weighted by molar-refractivity contribution is 5.85. The van der Waals surface area contributed by atoms with Crippen LogP contribution in [0.3, 0.4) is 0 Å². The number of hydrogen-bond acceptors (Lipinski definition) is 1. The molecule has 0 aliphatic rings. The van der Waals surface area contributed by atoms with E-state index in [1.165, 1.54) is 12.1 Å². The van der Waals surface area contributed by atoms with Crippen LogP contribution in [0.25, 0.3) is 0 Å². The van der Waals surface area contributed by atoms with Gasteiger partial charge in [0.25, 0.3) is 0 Å². The van der Waals surface area contributed by atoms with E-state index < -0.39 is 11.6 Å². The minimum atomic E-state index is -0.493.